The molecular formula is C35H24N2. The molecule has 0 fully saturated rings. The molecule has 2 heteroatoms. The number of aromatic nitrogens is 1. The van der Waals surface area contributed by atoms with Crippen molar-refractivity contribution in [2.24, 2.45) is 5.73 Å². The van der Waals surface area contributed by atoms with Crippen LogP contribution < -0.4 is 5.73 Å². The summed E-state index contributed by atoms with van der Waals surface area (Å²) in [4.78, 5) is 0. The molecule has 6 aromatic carbocycles. The van der Waals surface area contributed by atoms with E-state index in [0.717, 1.165) is 0 Å². The highest BCUT2D eigenvalue weighted by atomic mass is 14.9. The van der Waals surface area contributed by atoms with E-state index in [9.17, 15) is 0 Å². The van der Waals surface area contributed by atoms with Crippen LogP contribution >= 0.6 is 0 Å². The molecular weight excluding hydrogens is 448 g/mol. The number of nitrogens with two attached hydrogens (primary N) is 1. The highest BCUT2D eigenvalue weighted by Gasteiger charge is 2.17. The van der Waals surface area contributed by atoms with E-state index in [4.69, 9.17) is 5.73 Å². The molecule has 8 aromatic rings. The molecule has 0 saturated carbocycles. The van der Waals surface area contributed by atoms with Crippen LogP contribution in [0.3, 0.4) is 0 Å². The SMILES string of the molecule is NCc1cc2ccccc2cc1-c1ccc(-c2ccc3c4cccc5c6ccccc6n(c3c2)c54)cc1. The minimum absolute atomic E-state index is 0.520. The molecule has 0 spiro atoms. The molecule has 8 rings (SSSR count). The number of hydrogen-bond acceptors (Lipinski definition) is 1. The summed E-state index contributed by atoms with van der Waals surface area (Å²) in [6.07, 6.45) is 0. The summed E-state index contributed by atoms with van der Waals surface area (Å²) in [6, 6.07) is 44.2. The van der Waals surface area contributed by atoms with E-state index in [1.54, 1.807) is 0 Å². The third-order valence-corrected chi connectivity index (χ3v) is 7.94. The standard InChI is InChI=1S/C35H24N2/c36-21-27-18-24-6-1-2-7-25(24)19-32(27)23-14-12-22(13-15-23)26-16-17-29-31-10-5-9-30-28-8-3-4-11-33(28)37(35(30)31)34(29)20-26/h1-20H,21,36H2. The van der Waals surface area contributed by atoms with Crippen molar-refractivity contribution in [1.82, 2.24) is 4.40 Å². The molecule has 2 nitrogen and oxygen atoms in total. The predicted octanol–water partition coefficient (Wildman–Crippen LogP) is 8.78. The van der Waals surface area contributed by atoms with Crippen LogP contribution in [0.25, 0.3) is 71.1 Å². The Hall–Kier alpha value is -4.66. The number of para-hydroxylation sites is 2. The molecule has 37 heavy (non-hydrogen) atoms. The van der Waals surface area contributed by atoms with Gasteiger partial charge >= 0.3 is 0 Å². The second kappa shape index (κ2) is 7.67. The van der Waals surface area contributed by atoms with Gasteiger partial charge < -0.3 is 10.1 Å². The first kappa shape index (κ1) is 20.5. The first-order valence-corrected chi connectivity index (χ1v) is 12.8. The maximum atomic E-state index is 6.15. The van der Waals surface area contributed by atoms with Crippen molar-refractivity contribution in [2.45, 2.75) is 6.54 Å². The fourth-order valence-electron chi connectivity index (χ4n) is 6.18. The lowest BCUT2D eigenvalue weighted by Gasteiger charge is -2.12. The summed E-state index contributed by atoms with van der Waals surface area (Å²) in [6.45, 7) is 0.520. The van der Waals surface area contributed by atoms with E-state index in [-0.39, 0.29) is 0 Å². The maximum Gasteiger partial charge on any atom is 0.0620 e. The fraction of sp³-hybridized carbons (Fsp3) is 0.0286. The predicted molar refractivity (Wildman–Crippen MR) is 157 cm³/mol. The van der Waals surface area contributed by atoms with Crippen molar-refractivity contribution in [3.05, 3.63) is 127 Å². The molecule has 0 radical (unpaired) electrons. The topological polar surface area (TPSA) is 30.4 Å². The minimum Gasteiger partial charge on any atom is -0.326 e. The first-order valence-electron chi connectivity index (χ1n) is 12.8. The summed E-state index contributed by atoms with van der Waals surface area (Å²) in [5, 5.41) is 7.72. The van der Waals surface area contributed by atoms with Gasteiger partial charge in [0.05, 0.1) is 16.6 Å². The average Bonchev–Trinajstić information content (AvgIpc) is 3.48. The Morgan fingerprint density at radius 1 is 0.486 bits per heavy atom. The van der Waals surface area contributed by atoms with Crippen molar-refractivity contribution in [3.63, 3.8) is 0 Å². The Labute approximate surface area is 214 Å². The van der Waals surface area contributed by atoms with Crippen LogP contribution in [-0.2, 0) is 6.54 Å². The van der Waals surface area contributed by atoms with E-state index in [1.807, 2.05) is 0 Å². The van der Waals surface area contributed by atoms with E-state index in [1.165, 1.54) is 76.7 Å². The van der Waals surface area contributed by atoms with Gasteiger partial charge in [0.15, 0.2) is 0 Å². The third kappa shape index (κ3) is 2.91. The van der Waals surface area contributed by atoms with Gasteiger partial charge in [0.1, 0.15) is 0 Å². The van der Waals surface area contributed by atoms with E-state index in [0.29, 0.717) is 6.54 Å². The number of nitrogens with zero attached hydrogens (tertiary/aromatic N) is 1. The van der Waals surface area contributed by atoms with Gasteiger partial charge in [-0.2, -0.15) is 0 Å². The highest BCUT2D eigenvalue weighted by Crippen LogP contribution is 2.40. The summed E-state index contributed by atoms with van der Waals surface area (Å²) in [7, 11) is 0. The lowest BCUT2D eigenvalue weighted by molar-refractivity contribution is 1.08. The zero-order chi connectivity index (χ0) is 24.5. The summed E-state index contributed by atoms with van der Waals surface area (Å²) >= 11 is 0. The van der Waals surface area contributed by atoms with Gasteiger partial charge in [-0.3, -0.25) is 0 Å². The largest absolute Gasteiger partial charge is 0.326 e. The van der Waals surface area contributed by atoms with Crippen LogP contribution in [0.4, 0.5) is 0 Å². The Morgan fingerprint density at radius 2 is 1.11 bits per heavy atom. The van der Waals surface area contributed by atoms with Crippen molar-refractivity contribution in [1.29, 1.82) is 0 Å². The smallest absolute Gasteiger partial charge is 0.0620 e. The van der Waals surface area contributed by atoms with Gasteiger partial charge in [-0.05, 0) is 62.9 Å². The zero-order valence-electron chi connectivity index (χ0n) is 20.3. The molecule has 0 bridgehead atoms. The fourth-order valence-corrected chi connectivity index (χ4v) is 6.18. The molecule has 2 aromatic heterocycles. The first-order chi connectivity index (χ1) is 18.3. The van der Waals surface area contributed by atoms with Gasteiger partial charge in [-0.1, -0.05) is 97.1 Å². The van der Waals surface area contributed by atoms with Crippen LogP contribution in [0.1, 0.15) is 5.56 Å². The van der Waals surface area contributed by atoms with Crippen molar-refractivity contribution >= 4 is 48.9 Å². The summed E-state index contributed by atoms with van der Waals surface area (Å²) in [5.74, 6) is 0. The molecule has 0 aliphatic rings. The Balaban J connectivity index is 1.29. The lowest BCUT2D eigenvalue weighted by atomic mass is 9.94. The van der Waals surface area contributed by atoms with Gasteiger partial charge in [0.2, 0.25) is 0 Å². The summed E-state index contributed by atoms with van der Waals surface area (Å²) in [5.41, 5.74) is 16.0. The van der Waals surface area contributed by atoms with Crippen molar-refractivity contribution in [2.75, 3.05) is 0 Å². The second-order valence-electron chi connectivity index (χ2n) is 9.92. The average molecular weight is 473 g/mol. The maximum absolute atomic E-state index is 6.15. The van der Waals surface area contributed by atoms with Crippen LogP contribution in [0, 0.1) is 0 Å². The van der Waals surface area contributed by atoms with Crippen LogP contribution in [0.5, 0.6) is 0 Å². The highest BCUT2D eigenvalue weighted by molar-refractivity contribution is 6.23. The molecule has 2 heterocycles. The van der Waals surface area contributed by atoms with Crippen molar-refractivity contribution < 1.29 is 0 Å². The Bertz CT molecular complexity index is 2110. The summed E-state index contributed by atoms with van der Waals surface area (Å²) < 4.78 is 2.44. The van der Waals surface area contributed by atoms with Gasteiger partial charge in [-0.15, -0.1) is 0 Å². The van der Waals surface area contributed by atoms with Crippen molar-refractivity contribution in [3.8, 4) is 22.3 Å². The molecule has 0 amide bonds. The monoisotopic (exact) mass is 472 g/mol. The van der Waals surface area contributed by atoms with Crippen LogP contribution in [-0.4, -0.2) is 4.40 Å². The second-order valence-corrected chi connectivity index (χ2v) is 9.92. The normalized spacial score (nSPS) is 12.0. The molecule has 2 N–H and O–H groups in total. The molecule has 0 aliphatic heterocycles. The van der Waals surface area contributed by atoms with Crippen LogP contribution in [0.15, 0.2) is 121 Å². The number of hydrogen-bond donors (Lipinski definition) is 1. The number of fused-ring (bicyclic) bond motifs is 7. The molecule has 174 valence electrons. The van der Waals surface area contributed by atoms with Gasteiger partial charge in [-0.25, -0.2) is 0 Å². The zero-order valence-corrected chi connectivity index (χ0v) is 20.3. The third-order valence-electron chi connectivity index (χ3n) is 7.94. The minimum atomic E-state index is 0.520. The molecule has 0 unspecified atom stereocenters. The van der Waals surface area contributed by atoms with Gasteiger partial charge in [0, 0.05) is 28.1 Å². The lowest BCUT2D eigenvalue weighted by Crippen LogP contribution is -1.99. The van der Waals surface area contributed by atoms with E-state index >= 15 is 0 Å². The number of rotatable bonds is 3. The quantitative estimate of drug-likeness (QED) is 0.274. The Morgan fingerprint density at radius 3 is 1.89 bits per heavy atom. The van der Waals surface area contributed by atoms with Gasteiger partial charge in [0.25, 0.3) is 0 Å². The molecule has 0 aliphatic carbocycles. The van der Waals surface area contributed by atoms with E-state index < -0.39 is 0 Å². The molecule has 0 atom stereocenters. The Kier molecular flexibility index (Phi) is 4.25. The van der Waals surface area contributed by atoms with Crippen LogP contribution in [0.2, 0.25) is 0 Å². The number of benzene rings is 6. The van der Waals surface area contributed by atoms with E-state index in [2.05, 4.69) is 126 Å². The molecule has 0 saturated heterocycles.